The zero-order valence-corrected chi connectivity index (χ0v) is 19.6. The molecule has 0 heterocycles. The van der Waals surface area contributed by atoms with Crippen LogP contribution in [0.5, 0.6) is 0 Å². The van der Waals surface area contributed by atoms with Gasteiger partial charge in [0, 0.05) is 20.0 Å². The van der Waals surface area contributed by atoms with Crippen LogP contribution in [0.4, 0.5) is 0 Å². The Morgan fingerprint density at radius 3 is 2.30 bits per heavy atom. The fourth-order valence-electron chi connectivity index (χ4n) is 2.84. The van der Waals surface area contributed by atoms with Crippen LogP contribution in [0.25, 0.3) is 0 Å². The molecule has 0 radical (unpaired) electrons. The SMILES string of the molecule is COP(=O)([O-])C[NH2+][C@@H](CC(C)C)C(=O)N[C@@H](Cc1ccccc1)C(=O)OC(C)(C)C. The summed E-state index contributed by atoms with van der Waals surface area (Å²) >= 11 is 0. The zero-order chi connectivity index (χ0) is 22.9. The van der Waals surface area contributed by atoms with Gasteiger partial charge >= 0.3 is 5.97 Å². The molecule has 0 fully saturated rings. The molecule has 3 atom stereocenters. The van der Waals surface area contributed by atoms with E-state index in [9.17, 15) is 19.0 Å². The first-order chi connectivity index (χ1) is 13.8. The molecule has 3 N–H and O–H groups in total. The van der Waals surface area contributed by atoms with Crippen LogP contribution in [0, 0.1) is 5.92 Å². The Balaban J connectivity index is 2.99. The molecule has 1 aromatic carbocycles. The number of quaternary nitrogens is 1. The average Bonchev–Trinajstić information content (AvgIpc) is 2.63. The van der Waals surface area contributed by atoms with Gasteiger partial charge in [-0.1, -0.05) is 44.2 Å². The van der Waals surface area contributed by atoms with Gasteiger partial charge in [0.25, 0.3) is 5.91 Å². The normalized spacial score (nSPS) is 15.9. The number of nitrogens with two attached hydrogens (primary N) is 1. The van der Waals surface area contributed by atoms with E-state index in [1.165, 1.54) is 5.32 Å². The maximum atomic E-state index is 13.0. The Morgan fingerprint density at radius 2 is 1.80 bits per heavy atom. The summed E-state index contributed by atoms with van der Waals surface area (Å²) in [5.41, 5.74) is 0.176. The quantitative estimate of drug-likeness (QED) is 0.392. The summed E-state index contributed by atoms with van der Waals surface area (Å²) in [7, 11) is -2.93. The van der Waals surface area contributed by atoms with Crippen LogP contribution >= 0.6 is 7.60 Å². The molecule has 0 aliphatic rings. The van der Waals surface area contributed by atoms with Crippen molar-refractivity contribution >= 4 is 19.5 Å². The molecule has 1 aromatic rings. The van der Waals surface area contributed by atoms with Crippen molar-refractivity contribution in [3.05, 3.63) is 35.9 Å². The number of carbonyl (C=O) groups excluding carboxylic acids is 2. The molecule has 0 saturated carbocycles. The number of hydrogen-bond donors (Lipinski definition) is 2. The summed E-state index contributed by atoms with van der Waals surface area (Å²) in [6.07, 6.45) is 0.361. The van der Waals surface area contributed by atoms with Gasteiger partial charge in [-0.15, -0.1) is 0 Å². The molecule has 0 bridgehead atoms. The second-order valence-corrected chi connectivity index (χ2v) is 10.7. The van der Waals surface area contributed by atoms with Gasteiger partial charge < -0.3 is 29.4 Å². The van der Waals surface area contributed by atoms with Crippen molar-refractivity contribution in [2.45, 2.75) is 65.1 Å². The lowest BCUT2D eigenvalue weighted by Gasteiger charge is -2.27. The largest absolute Gasteiger partial charge is 0.774 e. The highest BCUT2D eigenvalue weighted by Gasteiger charge is 2.31. The predicted octanol–water partition coefficient (Wildman–Crippen LogP) is 1.19. The van der Waals surface area contributed by atoms with Crippen LogP contribution in [-0.2, 0) is 29.8 Å². The first-order valence-electron chi connectivity index (χ1n) is 10.1. The molecule has 0 saturated heterocycles. The van der Waals surface area contributed by atoms with Crippen molar-refractivity contribution in [3.63, 3.8) is 0 Å². The minimum atomic E-state index is -4.02. The first-order valence-corrected chi connectivity index (χ1v) is 11.8. The third kappa shape index (κ3) is 10.3. The second-order valence-electron chi connectivity index (χ2n) is 8.73. The molecule has 0 aliphatic heterocycles. The van der Waals surface area contributed by atoms with E-state index in [1.54, 1.807) is 20.8 Å². The van der Waals surface area contributed by atoms with Crippen molar-refractivity contribution in [1.29, 1.82) is 0 Å². The smallest absolute Gasteiger partial charge is 0.329 e. The minimum absolute atomic E-state index is 0.152. The van der Waals surface area contributed by atoms with Crippen LogP contribution in [-0.4, -0.2) is 43.0 Å². The number of nitrogens with one attached hydrogen (secondary N) is 1. The molecule has 1 amide bonds. The third-order valence-electron chi connectivity index (χ3n) is 4.24. The van der Waals surface area contributed by atoms with Crippen molar-refractivity contribution in [2.24, 2.45) is 5.92 Å². The highest BCUT2D eigenvalue weighted by atomic mass is 31.2. The molecule has 8 nitrogen and oxygen atoms in total. The van der Waals surface area contributed by atoms with Gasteiger partial charge in [-0.3, -0.25) is 4.79 Å². The molecular formula is C21H35N2O6P. The lowest BCUT2D eigenvalue weighted by Crippen LogP contribution is -2.93. The van der Waals surface area contributed by atoms with Gasteiger partial charge in [0.15, 0.2) is 13.6 Å². The molecule has 0 aromatic heterocycles. The Hall–Kier alpha value is -1.73. The second kappa shape index (κ2) is 11.6. The Kier molecular flexibility index (Phi) is 10.2. The average molecular weight is 442 g/mol. The number of benzene rings is 1. The van der Waals surface area contributed by atoms with Gasteiger partial charge in [-0.05, 0) is 32.3 Å². The van der Waals surface area contributed by atoms with Crippen LogP contribution in [0.1, 0.15) is 46.6 Å². The van der Waals surface area contributed by atoms with Gasteiger partial charge in [0.1, 0.15) is 17.9 Å². The van der Waals surface area contributed by atoms with E-state index < -0.39 is 37.2 Å². The maximum absolute atomic E-state index is 13.0. The maximum Gasteiger partial charge on any atom is 0.329 e. The molecule has 9 heteroatoms. The van der Waals surface area contributed by atoms with Crippen LogP contribution in [0.2, 0.25) is 0 Å². The standard InChI is InChI=1S/C21H35N2O6P/c1-15(2)12-17(22-14-30(26,27)28-6)19(24)23-18(20(25)29-21(3,4)5)13-16-10-8-7-9-11-16/h7-11,15,17-18,22H,12-14H2,1-6H3,(H,23,24)(H,26,27)/t17-,18-/m0/s1. The Bertz CT molecular complexity index is 733. The van der Waals surface area contributed by atoms with Gasteiger partial charge in [0.2, 0.25) is 0 Å². The van der Waals surface area contributed by atoms with E-state index in [0.717, 1.165) is 12.7 Å². The number of esters is 1. The zero-order valence-electron chi connectivity index (χ0n) is 18.7. The van der Waals surface area contributed by atoms with Gasteiger partial charge in [0.05, 0.1) is 0 Å². The van der Waals surface area contributed by atoms with Crippen LogP contribution < -0.4 is 15.5 Å². The summed E-state index contributed by atoms with van der Waals surface area (Å²) in [4.78, 5) is 37.4. The topological polar surface area (TPSA) is 121 Å². The molecular weight excluding hydrogens is 407 g/mol. The highest BCUT2D eigenvalue weighted by molar-refractivity contribution is 7.50. The number of carbonyl (C=O) groups is 2. The number of hydrogen-bond acceptors (Lipinski definition) is 6. The van der Waals surface area contributed by atoms with Crippen molar-refractivity contribution in [2.75, 3.05) is 13.4 Å². The van der Waals surface area contributed by atoms with E-state index in [2.05, 4.69) is 9.84 Å². The third-order valence-corrected chi connectivity index (χ3v) is 5.46. The molecule has 0 aliphatic carbocycles. The minimum Gasteiger partial charge on any atom is -0.774 e. The molecule has 1 rings (SSSR count). The van der Waals surface area contributed by atoms with Gasteiger partial charge in [-0.2, -0.15) is 0 Å². The predicted molar refractivity (Wildman–Crippen MR) is 113 cm³/mol. The summed E-state index contributed by atoms with van der Waals surface area (Å²) in [5.74, 6) is -0.791. The summed E-state index contributed by atoms with van der Waals surface area (Å²) in [5, 5.41) is 4.20. The monoisotopic (exact) mass is 442 g/mol. The van der Waals surface area contributed by atoms with E-state index in [1.807, 2.05) is 44.2 Å². The van der Waals surface area contributed by atoms with Crippen molar-refractivity contribution in [3.8, 4) is 0 Å². The van der Waals surface area contributed by atoms with E-state index in [-0.39, 0.29) is 18.6 Å². The molecule has 1 unspecified atom stereocenters. The molecule has 30 heavy (non-hydrogen) atoms. The highest BCUT2D eigenvalue weighted by Crippen LogP contribution is 2.31. The number of rotatable bonds is 11. The molecule has 170 valence electrons. The summed E-state index contributed by atoms with van der Waals surface area (Å²) < 4.78 is 21.7. The van der Waals surface area contributed by atoms with Crippen molar-refractivity contribution < 1.29 is 33.6 Å². The fourth-order valence-corrected chi connectivity index (χ4v) is 3.51. The lowest BCUT2D eigenvalue weighted by molar-refractivity contribution is -0.666. The van der Waals surface area contributed by atoms with Crippen molar-refractivity contribution in [1.82, 2.24) is 5.32 Å². The summed E-state index contributed by atoms with van der Waals surface area (Å²) in [6.45, 7) is 9.17. The van der Waals surface area contributed by atoms with Gasteiger partial charge in [-0.25, -0.2) is 4.79 Å². The van der Waals surface area contributed by atoms with E-state index in [0.29, 0.717) is 6.42 Å². The molecule has 0 spiro atoms. The number of ether oxygens (including phenoxy) is 1. The first kappa shape index (κ1) is 26.3. The number of amides is 1. The fraction of sp³-hybridized carbons (Fsp3) is 0.619. The summed E-state index contributed by atoms with van der Waals surface area (Å²) in [6, 6.07) is 7.76. The van der Waals surface area contributed by atoms with Crippen LogP contribution in [0.15, 0.2) is 30.3 Å². The Morgan fingerprint density at radius 1 is 1.20 bits per heavy atom. The Labute approximate surface area is 179 Å². The lowest BCUT2D eigenvalue weighted by atomic mass is 10.0. The van der Waals surface area contributed by atoms with E-state index >= 15 is 0 Å². The van der Waals surface area contributed by atoms with Crippen LogP contribution in [0.3, 0.4) is 0 Å². The van der Waals surface area contributed by atoms with E-state index in [4.69, 9.17) is 4.74 Å².